The van der Waals surface area contributed by atoms with Crippen molar-refractivity contribution in [2.45, 2.75) is 20.3 Å². The van der Waals surface area contributed by atoms with Gasteiger partial charge in [0.2, 0.25) is 0 Å². The highest BCUT2D eigenvalue weighted by Crippen LogP contribution is 2.31. The lowest BCUT2D eigenvalue weighted by molar-refractivity contribution is -0.150. The van der Waals surface area contributed by atoms with Crippen LogP contribution in [0.3, 0.4) is 0 Å². The molecule has 0 amide bonds. The molecular weight excluding hydrogens is 312 g/mol. The second kappa shape index (κ2) is 8.01. The van der Waals surface area contributed by atoms with E-state index < -0.39 is 17.9 Å². The van der Waals surface area contributed by atoms with E-state index in [0.717, 1.165) is 0 Å². The monoisotopic (exact) mass is 330 g/mol. The zero-order valence-electron chi connectivity index (χ0n) is 13.8. The maximum atomic E-state index is 12.0. The lowest BCUT2D eigenvalue weighted by Crippen LogP contribution is -2.09. The molecule has 1 saturated heterocycles. The molecule has 0 atom stereocenters. The van der Waals surface area contributed by atoms with E-state index in [0.29, 0.717) is 18.3 Å². The van der Waals surface area contributed by atoms with Crippen LogP contribution < -0.4 is 0 Å². The van der Waals surface area contributed by atoms with E-state index in [1.54, 1.807) is 13.8 Å². The van der Waals surface area contributed by atoms with Gasteiger partial charge in [-0.25, -0.2) is 14.4 Å². The van der Waals surface area contributed by atoms with E-state index in [9.17, 15) is 19.2 Å². The number of aldehydes is 1. The van der Waals surface area contributed by atoms with Gasteiger partial charge in [-0.05, 0) is 30.6 Å². The van der Waals surface area contributed by atoms with E-state index in [1.165, 1.54) is 19.3 Å². The van der Waals surface area contributed by atoms with Crippen LogP contribution in [0.5, 0.6) is 0 Å². The summed E-state index contributed by atoms with van der Waals surface area (Å²) in [5.74, 6) is -2.26. The van der Waals surface area contributed by atoms with Crippen LogP contribution >= 0.6 is 0 Å². The van der Waals surface area contributed by atoms with Gasteiger partial charge in [-0.15, -0.1) is 0 Å². The summed E-state index contributed by atoms with van der Waals surface area (Å²) >= 11 is 0. The van der Waals surface area contributed by atoms with Crippen LogP contribution in [0.4, 0.5) is 0 Å². The van der Waals surface area contributed by atoms with Gasteiger partial charge in [-0.1, -0.05) is 26.2 Å². The Kier molecular flexibility index (Phi) is 6.35. The van der Waals surface area contributed by atoms with Crippen molar-refractivity contribution in [1.82, 2.24) is 0 Å². The van der Waals surface area contributed by atoms with Crippen LogP contribution in [-0.4, -0.2) is 31.3 Å². The minimum Gasteiger partial charge on any atom is -0.465 e. The summed E-state index contributed by atoms with van der Waals surface area (Å²) in [4.78, 5) is 46.3. The second-order valence-corrected chi connectivity index (χ2v) is 4.80. The number of hydrogen-bond donors (Lipinski definition) is 0. The van der Waals surface area contributed by atoms with E-state index in [1.807, 2.05) is 0 Å². The molecule has 1 rings (SSSR count). The van der Waals surface area contributed by atoms with Crippen molar-refractivity contribution < 1.29 is 28.7 Å². The highest BCUT2D eigenvalue weighted by Gasteiger charge is 2.35. The number of allylic oxidation sites excluding steroid dienone is 4. The van der Waals surface area contributed by atoms with E-state index >= 15 is 0 Å². The lowest BCUT2D eigenvalue weighted by Gasteiger charge is -2.10. The molecule has 0 aromatic rings. The first-order chi connectivity index (χ1) is 11.3. The van der Waals surface area contributed by atoms with Crippen molar-refractivity contribution in [1.29, 1.82) is 0 Å². The van der Waals surface area contributed by atoms with E-state index in [4.69, 9.17) is 0 Å². The van der Waals surface area contributed by atoms with Gasteiger partial charge >= 0.3 is 17.9 Å². The first-order valence-corrected chi connectivity index (χ1v) is 7.12. The molecule has 0 spiro atoms. The lowest BCUT2D eigenvalue weighted by atomic mass is 9.92. The normalized spacial score (nSPS) is 18.3. The van der Waals surface area contributed by atoms with Crippen LogP contribution in [0, 0.1) is 0 Å². The minimum atomic E-state index is -0.770. The topological polar surface area (TPSA) is 86.7 Å². The highest BCUT2D eigenvalue weighted by molar-refractivity contribution is 6.19. The number of carbonyl (C=O) groups excluding carboxylic acids is 4. The van der Waals surface area contributed by atoms with Crippen LogP contribution in [-0.2, 0) is 28.7 Å². The average molecular weight is 330 g/mol. The summed E-state index contributed by atoms with van der Waals surface area (Å²) in [7, 11) is 1.17. The van der Waals surface area contributed by atoms with Crippen molar-refractivity contribution in [2.24, 2.45) is 0 Å². The maximum Gasteiger partial charge on any atom is 0.347 e. The zero-order chi connectivity index (χ0) is 18.4. The summed E-state index contributed by atoms with van der Waals surface area (Å²) in [6.07, 6.45) is 3.55. The predicted molar refractivity (Wildman–Crippen MR) is 86.6 cm³/mol. The Morgan fingerprint density at radius 1 is 1.21 bits per heavy atom. The molecule has 126 valence electrons. The van der Waals surface area contributed by atoms with Crippen molar-refractivity contribution in [3.63, 3.8) is 0 Å². The first kappa shape index (κ1) is 19.0. The van der Waals surface area contributed by atoms with Crippen molar-refractivity contribution in [2.75, 3.05) is 7.11 Å². The summed E-state index contributed by atoms with van der Waals surface area (Å²) in [6.45, 7) is 10.7. The summed E-state index contributed by atoms with van der Waals surface area (Å²) < 4.78 is 9.24. The number of rotatable bonds is 6. The number of methoxy groups -OCH3 is 1. The summed E-state index contributed by atoms with van der Waals surface area (Å²) in [6, 6.07) is 0. The number of carbonyl (C=O) groups is 4. The fourth-order valence-electron chi connectivity index (χ4n) is 2.23. The Labute approximate surface area is 139 Å². The number of cyclic esters (lactones) is 2. The fraction of sp³-hybridized carbons (Fsp3) is 0.222. The molecule has 0 aliphatic carbocycles. The van der Waals surface area contributed by atoms with Gasteiger partial charge in [-0.2, -0.15) is 0 Å². The van der Waals surface area contributed by atoms with Crippen molar-refractivity contribution >= 4 is 24.2 Å². The van der Waals surface area contributed by atoms with Crippen LogP contribution in [0.15, 0.2) is 58.7 Å². The SMILES string of the molecule is C=C(/C=C(\C(=C)C=O)C(=O)OC)/C(CC)=C1\C(=O)OC(=O)\C1=C\C. The maximum absolute atomic E-state index is 12.0. The molecule has 24 heavy (non-hydrogen) atoms. The Bertz CT molecular complexity index is 731. The molecule has 6 heteroatoms. The molecule has 0 saturated carbocycles. The predicted octanol–water partition coefficient (Wildman–Crippen LogP) is 2.13. The Morgan fingerprint density at radius 2 is 1.83 bits per heavy atom. The smallest absolute Gasteiger partial charge is 0.347 e. The summed E-state index contributed by atoms with van der Waals surface area (Å²) in [5, 5.41) is 0. The van der Waals surface area contributed by atoms with Gasteiger partial charge in [0.25, 0.3) is 0 Å². The zero-order valence-corrected chi connectivity index (χ0v) is 13.8. The largest absolute Gasteiger partial charge is 0.465 e. The van der Waals surface area contributed by atoms with Crippen LogP contribution in [0.25, 0.3) is 0 Å². The van der Waals surface area contributed by atoms with Gasteiger partial charge in [0.05, 0.1) is 23.8 Å². The number of hydrogen-bond acceptors (Lipinski definition) is 6. The molecule has 1 aliphatic heterocycles. The molecule has 0 N–H and O–H groups in total. The first-order valence-electron chi connectivity index (χ1n) is 7.12. The quantitative estimate of drug-likeness (QED) is 0.244. The van der Waals surface area contributed by atoms with E-state index in [2.05, 4.69) is 22.6 Å². The van der Waals surface area contributed by atoms with E-state index in [-0.39, 0.29) is 27.9 Å². The number of ether oxygens (including phenoxy) is 2. The van der Waals surface area contributed by atoms with Crippen LogP contribution in [0.2, 0.25) is 0 Å². The third-order valence-electron chi connectivity index (χ3n) is 3.42. The van der Waals surface area contributed by atoms with Gasteiger partial charge in [0.1, 0.15) is 6.29 Å². The molecule has 1 aliphatic rings. The number of esters is 3. The minimum absolute atomic E-state index is 0.0798. The molecule has 0 unspecified atom stereocenters. The third kappa shape index (κ3) is 3.65. The molecular formula is C18H18O6. The van der Waals surface area contributed by atoms with Crippen molar-refractivity contribution in [3.05, 3.63) is 58.7 Å². The fourth-order valence-corrected chi connectivity index (χ4v) is 2.23. The third-order valence-corrected chi connectivity index (χ3v) is 3.42. The Hall–Kier alpha value is -3.02. The van der Waals surface area contributed by atoms with Crippen molar-refractivity contribution in [3.8, 4) is 0 Å². The van der Waals surface area contributed by atoms with Crippen LogP contribution in [0.1, 0.15) is 20.3 Å². The Balaban J connectivity index is 3.49. The highest BCUT2D eigenvalue weighted by atomic mass is 16.6. The average Bonchev–Trinajstić information content (AvgIpc) is 2.85. The summed E-state index contributed by atoms with van der Waals surface area (Å²) in [5.41, 5.74) is 0.789. The van der Waals surface area contributed by atoms with Gasteiger partial charge in [-0.3, -0.25) is 4.79 Å². The molecule has 6 nitrogen and oxygen atoms in total. The Morgan fingerprint density at radius 3 is 2.29 bits per heavy atom. The van der Waals surface area contributed by atoms with Gasteiger partial charge < -0.3 is 9.47 Å². The van der Waals surface area contributed by atoms with Gasteiger partial charge in [0, 0.05) is 5.57 Å². The molecule has 1 fully saturated rings. The van der Waals surface area contributed by atoms with Gasteiger partial charge in [0.15, 0.2) is 0 Å². The molecule has 0 aromatic heterocycles. The second-order valence-electron chi connectivity index (χ2n) is 4.80. The molecule has 0 bridgehead atoms. The molecule has 0 radical (unpaired) electrons. The molecule has 1 heterocycles. The molecule has 0 aromatic carbocycles. The standard InChI is InChI=1S/C18H18O6/c1-6-12(15-13(7-2)17(21)24-18(15)22)10(3)8-14(11(4)9-19)16(20)23-5/h7-9H,3-4,6H2,1-2,5H3/b13-7+,14-8+,15-12-.